The number of aromatic nitrogens is 4. The molecule has 2 aromatic carbocycles. The highest BCUT2D eigenvalue weighted by atomic mass is 35.5. The van der Waals surface area contributed by atoms with Crippen molar-refractivity contribution < 1.29 is 13.7 Å². The molecule has 0 unspecified atom stereocenters. The lowest BCUT2D eigenvalue weighted by atomic mass is 9.97. The van der Waals surface area contributed by atoms with Gasteiger partial charge in [-0.05, 0) is 48.5 Å². The SMILES string of the molecule is CC(C)(C)c1nc(-c2ccc(NC(=O)CSc3nnc(-c4ccc(Cl)cc4)o3)cc2)no1. The van der Waals surface area contributed by atoms with Gasteiger partial charge < -0.3 is 14.3 Å². The number of rotatable bonds is 6. The quantitative estimate of drug-likeness (QED) is 0.370. The number of amides is 1. The van der Waals surface area contributed by atoms with E-state index in [2.05, 4.69) is 25.7 Å². The third kappa shape index (κ3) is 5.35. The smallest absolute Gasteiger partial charge is 0.277 e. The van der Waals surface area contributed by atoms with Gasteiger partial charge in [-0.1, -0.05) is 49.3 Å². The fourth-order valence-electron chi connectivity index (χ4n) is 2.65. The van der Waals surface area contributed by atoms with Gasteiger partial charge in [0, 0.05) is 27.3 Å². The molecule has 0 saturated heterocycles. The lowest BCUT2D eigenvalue weighted by Crippen LogP contribution is -2.13. The standard InChI is InChI=1S/C22H20ClN5O3S/c1-22(2,3)20-25-18(28-31-20)13-6-10-16(11-7-13)24-17(29)12-32-21-27-26-19(30-21)14-4-8-15(23)9-5-14/h4-11H,12H2,1-3H3,(H,24,29). The largest absolute Gasteiger partial charge is 0.411 e. The monoisotopic (exact) mass is 469 g/mol. The maximum Gasteiger partial charge on any atom is 0.277 e. The van der Waals surface area contributed by atoms with Gasteiger partial charge in [0.25, 0.3) is 5.22 Å². The molecule has 2 heterocycles. The maximum atomic E-state index is 12.3. The van der Waals surface area contributed by atoms with E-state index in [0.29, 0.717) is 33.5 Å². The summed E-state index contributed by atoms with van der Waals surface area (Å²) in [5, 5.41) is 15.8. The van der Waals surface area contributed by atoms with Crippen molar-refractivity contribution in [3.8, 4) is 22.8 Å². The van der Waals surface area contributed by atoms with E-state index in [1.807, 2.05) is 32.9 Å². The van der Waals surface area contributed by atoms with E-state index < -0.39 is 0 Å². The normalized spacial score (nSPS) is 11.5. The zero-order valence-electron chi connectivity index (χ0n) is 17.6. The Kier molecular flexibility index (Phi) is 6.29. The van der Waals surface area contributed by atoms with Crippen LogP contribution < -0.4 is 5.32 Å². The topological polar surface area (TPSA) is 107 Å². The summed E-state index contributed by atoms with van der Waals surface area (Å²) in [5.74, 6) is 1.39. The van der Waals surface area contributed by atoms with Gasteiger partial charge in [0.2, 0.25) is 23.5 Å². The summed E-state index contributed by atoms with van der Waals surface area (Å²) in [7, 11) is 0. The lowest BCUT2D eigenvalue weighted by molar-refractivity contribution is -0.113. The van der Waals surface area contributed by atoms with Crippen LogP contribution in [0.2, 0.25) is 5.02 Å². The van der Waals surface area contributed by atoms with Crippen molar-refractivity contribution in [1.29, 1.82) is 0 Å². The average molecular weight is 470 g/mol. The van der Waals surface area contributed by atoms with Crippen molar-refractivity contribution >= 4 is 35.0 Å². The highest BCUT2D eigenvalue weighted by Crippen LogP contribution is 2.26. The first-order valence-electron chi connectivity index (χ1n) is 9.75. The zero-order chi connectivity index (χ0) is 22.7. The number of benzene rings is 2. The molecule has 0 aliphatic heterocycles. The second-order valence-electron chi connectivity index (χ2n) is 7.97. The van der Waals surface area contributed by atoms with E-state index in [4.69, 9.17) is 20.5 Å². The number of hydrogen-bond acceptors (Lipinski definition) is 8. The van der Waals surface area contributed by atoms with Crippen LogP contribution in [-0.2, 0) is 10.2 Å². The molecule has 1 N–H and O–H groups in total. The second-order valence-corrected chi connectivity index (χ2v) is 9.33. The summed E-state index contributed by atoms with van der Waals surface area (Å²) in [4.78, 5) is 16.7. The zero-order valence-corrected chi connectivity index (χ0v) is 19.2. The highest BCUT2D eigenvalue weighted by Gasteiger charge is 2.22. The molecule has 0 radical (unpaired) electrons. The molecule has 2 aromatic heterocycles. The predicted octanol–water partition coefficient (Wildman–Crippen LogP) is 5.47. The van der Waals surface area contributed by atoms with Gasteiger partial charge in [-0.2, -0.15) is 4.98 Å². The maximum absolute atomic E-state index is 12.3. The number of carbonyl (C=O) groups is 1. The Balaban J connectivity index is 1.32. The Bertz CT molecular complexity index is 1210. The van der Waals surface area contributed by atoms with Crippen molar-refractivity contribution in [3.05, 3.63) is 59.4 Å². The van der Waals surface area contributed by atoms with Crippen LogP contribution in [0.3, 0.4) is 0 Å². The van der Waals surface area contributed by atoms with Crippen LogP contribution in [0.5, 0.6) is 0 Å². The predicted molar refractivity (Wildman–Crippen MR) is 123 cm³/mol. The molecule has 164 valence electrons. The van der Waals surface area contributed by atoms with Crippen LogP contribution in [0.25, 0.3) is 22.8 Å². The van der Waals surface area contributed by atoms with Crippen molar-refractivity contribution in [1.82, 2.24) is 20.3 Å². The molecule has 10 heteroatoms. The van der Waals surface area contributed by atoms with Crippen molar-refractivity contribution in [2.24, 2.45) is 0 Å². The number of thioether (sulfide) groups is 1. The highest BCUT2D eigenvalue weighted by molar-refractivity contribution is 7.99. The second kappa shape index (κ2) is 9.13. The molecular formula is C22H20ClN5O3S. The van der Waals surface area contributed by atoms with E-state index >= 15 is 0 Å². The molecule has 0 fully saturated rings. The fraction of sp³-hybridized carbons (Fsp3) is 0.227. The number of nitrogens with zero attached hydrogens (tertiary/aromatic N) is 4. The molecule has 4 rings (SSSR count). The molecule has 0 spiro atoms. The third-order valence-electron chi connectivity index (χ3n) is 4.32. The van der Waals surface area contributed by atoms with E-state index in [9.17, 15) is 4.79 Å². The van der Waals surface area contributed by atoms with Gasteiger partial charge in [-0.3, -0.25) is 4.79 Å². The van der Waals surface area contributed by atoms with E-state index in [-0.39, 0.29) is 17.1 Å². The third-order valence-corrected chi connectivity index (χ3v) is 5.39. The van der Waals surface area contributed by atoms with Crippen LogP contribution in [0.1, 0.15) is 26.7 Å². The average Bonchev–Trinajstić information content (AvgIpc) is 3.43. The minimum Gasteiger partial charge on any atom is -0.411 e. The molecular weight excluding hydrogens is 450 g/mol. The minimum absolute atomic E-state index is 0.129. The summed E-state index contributed by atoms with van der Waals surface area (Å²) in [6, 6.07) is 14.3. The van der Waals surface area contributed by atoms with Gasteiger partial charge in [-0.15, -0.1) is 10.2 Å². The molecule has 0 atom stereocenters. The van der Waals surface area contributed by atoms with Crippen LogP contribution >= 0.6 is 23.4 Å². The molecule has 0 aliphatic rings. The number of nitrogens with one attached hydrogen (secondary N) is 1. The van der Waals surface area contributed by atoms with Crippen molar-refractivity contribution in [3.63, 3.8) is 0 Å². The van der Waals surface area contributed by atoms with E-state index in [1.54, 1.807) is 36.4 Å². The van der Waals surface area contributed by atoms with Gasteiger partial charge in [0.05, 0.1) is 5.75 Å². The molecule has 0 aliphatic carbocycles. The summed E-state index contributed by atoms with van der Waals surface area (Å²) in [6.45, 7) is 6.02. The van der Waals surface area contributed by atoms with Crippen molar-refractivity contribution in [2.45, 2.75) is 31.4 Å². The Hall–Kier alpha value is -3.17. The molecule has 4 aromatic rings. The van der Waals surface area contributed by atoms with Crippen molar-refractivity contribution in [2.75, 3.05) is 11.1 Å². The lowest BCUT2D eigenvalue weighted by Gasteiger charge is -2.10. The number of anilines is 1. The van der Waals surface area contributed by atoms with Gasteiger partial charge in [0.15, 0.2) is 0 Å². The van der Waals surface area contributed by atoms with Gasteiger partial charge in [-0.25, -0.2) is 0 Å². The fourth-order valence-corrected chi connectivity index (χ4v) is 3.34. The Labute approximate surface area is 193 Å². The summed E-state index contributed by atoms with van der Waals surface area (Å²) < 4.78 is 10.9. The first kappa shape index (κ1) is 22.0. The molecule has 8 nitrogen and oxygen atoms in total. The Morgan fingerprint density at radius 3 is 2.38 bits per heavy atom. The van der Waals surface area contributed by atoms with Crippen LogP contribution in [0.15, 0.2) is 62.7 Å². The van der Waals surface area contributed by atoms with Gasteiger partial charge >= 0.3 is 0 Å². The first-order valence-corrected chi connectivity index (χ1v) is 11.1. The molecule has 0 saturated carbocycles. The Morgan fingerprint density at radius 1 is 1.03 bits per heavy atom. The molecule has 32 heavy (non-hydrogen) atoms. The molecule has 1 amide bonds. The van der Waals surface area contributed by atoms with E-state index in [0.717, 1.165) is 22.9 Å². The van der Waals surface area contributed by atoms with Crippen LogP contribution in [0, 0.1) is 0 Å². The molecule has 0 bridgehead atoms. The number of halogens is 1. The summed E-state index contributed by atoms with van der Waals surface area (Å²) >= 11 is 7.05. The summed E-state index contributed by atoms with van der Waals surface area (Å²) in [5.41, 5.74) is 2.00. The summed E-state index contributed by atoms with van der Waals surface area (Å²) in [6.07, 6.45) is 0. The number of carbonyl (C=O) groups excluding carboxylic acids is 1. The first-order chi connectivity index (χ1) is 15.3. The van der Waals surface area contributed by atoms with E-state index in [1.165, 1.54) is 0 Å². The van der Waals surface area contributed by atoms with Crippen LogP contribution in [0.4, 0.5) is 5.69 Å². The van der Waals surface area contributed by atoms with Crippen LogP contribution in [-0.4, -0.2) is 32.0 Å². The Morgan fingerprint density at radius 2 is 1.72 bits per heavy atom. The van der Waals surface area contributed by atoms with Gasteiger partial charge in [0.1, 0.15) is 0 Å². The number of hydrogen-bond donors (Lipinski definition) is 1. The minimum atomic E-state index is -0.217.